The number of amides is 2. The third-order valence-corrected chi connectivity index (χ3v) is 8.56. The van der Waals surface area contributed by atoms with Crippen molar-refractivity contribution in [2.75, 3.05) is 30.6 Å². The molecule has 1 spiro atoms. The van der Waals surface area contributed by atoms with E-state index in [1.807, 2.05) is 0 Å². The summed E-state index contributed by atoms with van der Waals surface area (Å²) in [6.45, 7) is -0.684. The molecule has 2 aromatic rings. The van der Waals surface area contributed by atoms with Crippen molar-refractivity contribution < 1.29 is 37.4 Å². The number of hydrogen-bond donors (Lipinski definition) is 1. The lowest BCUT2D eigenvalue weighted by atomic mass is 9.73. The Morgan fingerprint density at radius 2 is 1.68 bits per heavy atom. The van der Waals surface area contributed by atoms with Gasteiger partial charge in [-0.05, 0) is 30.3 Å². The van der Waals surface area contributed by atoms with Gasteiger partial charge in [-0.25, -0.2) is 8.78 Å². The van der Waals surface area contributed by atoms with Crippen LogP contribution < -0.4 is 10.2 Å². The predicted octanol–water partition coefficient (Wildman–Crippen LogP) is 5.13. The number of nitrogens with one attached hydrogen (secondary N) is 1. The van der Waals surface area contributed by atoms with E-state index >= 15 is 8.78 Å². The molecule has 3 heterocycles. The molecular weight excluding hydrogens is 630 g/mol. The maximum atomic E-state index is 15.1. The van der Waals surface area contributed by atoms with E-state index in [1.165, 1.54) is 37.4 Å². The van der Waals surface area contributed by atoms with Crippen LogP contribution in [0.3, 0.4) is 0 Å². The summed E-state index contributed by atoms with van der Waals surface area (Å²) in [5.41, 5.74) is -1.83. The smallest absolute Gasteiger partial charge is 0.315 e. The molecule has 0 aromatic heterocycles. The van der Waals surface area contributed by atoms with Crippen molar-refractivity contribution in [3.05, 3.63) is 56.0 Å². The fraction of sp³-hybridized carbons (Fsp3) is 0.385. The van der Waals surface area contributed by atoms with Crippen LogP contribution in [-0.2, 0) is 34.2 Å². The van der Waals surface area contributed by atoms with E-state index in [9.17, 15) is 19.2 Å². The minimum absolute atomic E-state index is 0.00715. The normalized spacial score (nSPS) is 26.0. The minimum Gasteiger partial charge on any atom is -0.428 e. The molecule has 0 bridgehead atoms. The van der Waals surface area contributed by atoms with Crippen LogP contribution in [0.4, 0.5) is 20.2 Å². The fourth-order valence-electron chi connectivity index (χ4n) is 6.11. The van der Waals surface area contributed by atoms with Gasteiger partial charge >= 0.3 is 11.9 Å². The van der Waals surface area contributed by atoms with Gasteiger partial charge in [0.2, 0.25) is 12.7 Å². The Kier molecular flexibility index (Phi) is 7.65. The van der Waals surface area contributed by atoms with Gasteiger partial charge in [0.25, 0.3) is 11.8 Å². The Morgan fingerprint density at radius 3 is 2.32 bits per heavy atom. The largest absolute Gasteiger partial charge is 0.428 e. The van der Waals surface area contributed by atoms with Gasteiger partial charge < -0.3 is 19.7 Å². The Labute approximate surface area is 252 Å². The van der Waals surface area contributed by atoms with Crippen LogP contribution in [0.5, 0.6) is 0 Å². The Bertz CT molecular complexity index is 1470. The zero-order valence-electron chi connectivity index (χ0n) is 21.4. The first-order valence-corrected chi connectivity index (χ1v) is 13.7. The summed E-state index contributed by atoms with van der Waals surface area (Å²) in [7, 11) is 1.37. The topological polar surface area (TPSA) is 105 Å². The van der Waals surface area contributed by atoms with Crippen molar-refractivity contribution in [3.63, 3.8) is 0 Å². The highest BCUT2D eigenvalue weighted by Crippen LogP contribution is 2.61. The van der Waals surface area contributed by atoms with Crippen molar-refractivity contribution in [1.29, 1.82) is 0 Å². The molecule has 2 amide bonds. The molecule has 3 aliphatic rings. The molecule has 0 aliphatic carbocycles. The second-order valence-corrected chi connectivity index (χ2v) is 11.7. The zero-order chi connectivity index (χ0) is 30.0. The van der Waals surface area contributed by atoms with Crippen molar-refractivity contribution in [2.24, 2.45) is 11.8 Å². The van der Waals surface area contributed by atoms with E-state index in [0.29, 0.717) is 0 Å². The first kappa shape index (κ1) is 29.8. The van der Waals surface area contributed by atoms with Gasteiger partial charge in [-0.2, -0.15) is 0 Å². The summed E-state index contributed by atoms with van der Waals surface area (Å²) in [5.74, 6) is -10.1. The first-order chi connectivity index (χ1) is 19.2. The lowest BCUT2D eigenvalue weighted by Gasteiger charge is -2.36. The Hall–Kier alpha value is -2.70. The third kappa shape index (κ3) is 4.91. The molecule has 3 aliphatic heterocycles. The maximum Gasteiger partial charge on any atom is 0.315 e. The average molecular weight is 651 g/mol. The molecule has 2 saturated heterocycles. The second kappa shape index (κ2) is 10.5. The molecule has 2 fully saturated rings. The molecule has 0 saturated carbocycles. The molecule has 218 valence electrons. The summed E-state index contributed by atoms with van der Waals surface area (Å²) in [6.07, 6.45) is -0.833. The van der Waals surface area contributed by atoms with Crippen molar-refractivity contribution in [1.82, 2.24) is 4.90 Å². The lowest BCUT2D eigenvalue weighted by molar-refractivity contribution is -0.174. The highest BCUT2D eigenvalue weighted by molar-refractivity contribution is 6.38. The van der Waals surface area contributed by atoms with Crippen LogP contribution >= 0.6 is 46.4 Å². The van der Waals surface area contributed by atoms with Crippen LogP contribution in [0.15, 0.2) is 30.3 Å². The van der Waals surface area contributed by atoms with E-state index in [0.717, 1.165) is 16.7 Å². The Morgan fingerprint density at radius 1 is 1.05 bits per heavy atom. The minimum atomic E-state index is -3.31. The third-order valence-electron chi connectivity index (χ3n) is 7.60. The standard InChI is InChI=1S/C26H21Cl4F2N3O6/c1-11(36)40-10-41-23(38)20-19(22(37)34(2)15-4-12(27)3-13(28)5-15)18-8-25(31,32)9-35(18)26(20)16-6-14(29)7-17(30)21(16)33-24(26)39/h3-7,18-20H,8-10H2,1-2H3,(H,33,39)/t18-,19+,20+,26+/m1/s1. The van der Waals surface area contributed by atoms with Gasteiger partial charge in [0, 0.05) is 52.8 Å². The van der Waals surface area contributed by atoms with Crippen LogP contribution in [0, 0.1) is 11.8 Å². The van der Waals surface area contributed by atoms with Crippen LogP contribution in [0.2, 0.25) is 20.1 Å². The molecule has 41 heavy (non-hydrogen) atoms. The van der Waals surface area contributed by atoms with Crippen LogP contribution in [0.1, 0.15) is 18.9 Å². The van der Waals surface area contributed by atoms with Crippen LogP contribution in [0.25, 0.3) is 0 Å². The fourth-order valence-corrected chi connectivity index (χ4v) is 7.16. The van der Waals surface area contributed by atoms with Gasteiger partial charge in [0.05, 0.1) is 23.2 Å². The number of rotatable bonds is 5. The number of ether oxygens (including phenoxy) is 2. The van der Waals surface area contributed by atoms with Crippen molar-refractivity contribution in [2.45, 2.75) is 30.8 Å². The molecule has 0 radical (unpaired) electrons. The highest BCUT2D eigenvalue weighted by Gasteiger charge is 2.75. The van der Waals surface area contributed by atoms with E-state index in [4.69, 9.17) is 55.9 Å². The first-order valence-electron chi connectivity index (χ1n) is 12.2. The van der Waals surface area contributed by atoms with Gasteiger partial charge in [-0.3, -0.25) is 24.1 Å². The summed E-state index contributed by atoms with van der Waals surface area (Å²) < 4.78 is 40.1. The molecule has 15 heteroatoms. The molecule has 2 aromatic carbocycles. The zero-order valence-corrected chi connectivity index (χ0v) is 24.4. The van der Waals surface area contributed by atoms with Gasteiger partial charge in [-0.15, -0.1) is 0 Å². The second-order valence-electron chi connectivity index (χ2n) is 10.0. The summed E-state index contributed by atoms with van der Waals surface area (Å²) in [6, 6.07) is 5.70. The van der Waals surface area contributed by atoms with Crippen molar-refractivity contribution in [3.8, 4) is 0 Å². The van der Waals surface area contributed by atoms with E-state index < -0.39 is 72.9 Å². The van der Waals surface area contributed by atoms with E-state index in [-0.39, 0.29) is 37.0 Å². The number of carbonyl (C=O) groups excluding carboxylic acids is 4. The number of esters is 2. The molecule has 4 atom stereocenters. The highest BCUT2D eigenvalue weighted by atomic mass is 35.5. The van der Waals surface area contributed by atoms with Crippen molar-refractivity contribution >= 4 is 81.5 Å². The van der Waals surface area contributed by atoms with Gasteiger partial charge in [-0.1, -0.05) is 46.4 Å². The van der Waals surface area contributed by atoms with Gasteiger partial charge in [0.1, 0.15) is 11.5 Å². The van der Waals surface area contributed by atoms with E-state index in [2.05, 4.69) is 5.32 Å². The number of benzene rings is 2. The van der Waals surface area contributed by atoms with Crippen LogP contribution in [-0.4, -0.2) is 61.0 Å². The quantitative estimate of drug-likeness (QED) is 0.353. The number of halogens is 6. The SMILES string of the molecule is CC(=O)OCOC(=O)[C@@H]1[C@@H](C(=O)N(C)c2cc(Cl)cc(Cl)c2)[C@H]2CC(F)(F)CN2[C@]12C(=O)Nc1c(Cl)cc(Cl)cc12. The molecular formula is C26H21Cl4F2N3O6. The molecule has 9 nitrogen and oxygen atoms in total. The molecule has 5 rings (SSSR count). The number of carbonyl (C=O) groups is 4. The maximum absolute atomic E-state index is 15.1. The number of anilines is 2. The number of fused-ring (bicyclic) bond motifs is 4. The summed E-state index contributed by atoms with van der Waals surface area (Å²) in [4.78, 5) is 55.5. The summed E-state index contributed by atoms with van der Waals surface area (Å²) in [5, 5.41) is 3.07. The number of hydrogen-bond acceptors (Lipinski definition) is 7. The van der Waals surface area contributed by atoms with Gasteiger partial charge in [0.15, 0.2) is 0 Å². The predicted molar refractivity (Wildman–Crippen MR) is 146 cm³/mol. The number of nitrogens with zero attached hydrogens (tertiary/aromatic N) is 2. The number of alkyl halides is 2. The average Bonchev–Trinajstić information content (AvgIpc) is 3.43. The molecule has 0 unspecified atom stereocenters. The monoisotopic (exact) mass is 649 g/mol. The molecule has 1 N–H and O–H groups in total. The summed E-state index contributed by atoms with van der Waals surface area (Å²) >= 11 is 24.9. The van der Waals surface area contributed by atoms with E-state index in [1.54, 1.807) is 0 Å². The lowest BCUT2D eigenvalue weighted by Crippen LogP contribution is -2.54. The Balaban J connectivity index is 1.70.